The van der Waals surface area contributed by atoms with E-state index in [1.54, 1.807) is 6.07 Å². The summed E-state index contributed by atoms with van der Waals surface area (Å²) >= 11 is 0. The summed E-state index contributed by atoms with van der Waals surface area (Å²) in [5.41, 5.74) is 0.654. The number of benzene rings is 1. The lowest BCUT2D eigenvalue weighted by molar-refractivity contribution is 0.369. The summed E-state index contributed by atoms with van der Waals surface area (Å²) in [6.45, 7) is 10.1. The molecule has 0 bridgehead atoms. The number of nitrogens with zero attached hydrogens (tertiary/aromatic N) is 5. The van der Waals surface area contributed by atoms with Crippen molar-refractivity contribution in [2.45, 2.75) is 31.6 Å². The number of hydrogen-bond acceptors (Lipinski definition) is 5. The van der Waals surface area contributed by atoms with E-state index in [9.17, 15) is 9.18 Å². The highest BCUT2D eigenvalue weighted by Gasteiger charge is 2.42. The van der Waals surface area contributed by atoms with Crippen LogP contribution in [0, 0.1) is 23.6 Å². The van der Waals surface area contributed by atoms with Gasteiger partial charge in [0.05, 0.1) is 18.5 Å². The predicted molar refractivity (Wildman–Crippen MR) is 128 cm³/mol. The fourth-order valence-electron chi connectivity index (χ4n) is 5.28. The smallest absolute Gasteiger partial charge is 0.296 e. The molecular weight excluding hydrogens is 450 g/mol. The van der Waals surface area contributed by atoms with Crippen LogP contribution in [0.25, 0.3) is 21.9 Å². The molecule has 7 nitrogen and oxygen atoms in total. The van der Waals surface area contributed by atoms with Crippen molar-refractivity contribution in [3.63, 3.8) is 0 Å². The summed E-state index contributed by atoms with van der Waals surface area (Å²) in [5, 5.41) is 3.38. The Hall–Kier alpha value is -3.64. The number of aromatic nitrogens is 3. The molecule has 1 atom stereocenters. The molecule has 3 fully saturated rings. The monoisotopic (exact) mass is 474 g/mol. The second kappa shape index (κ2) is 8.24. The van der Waals surface area contributed by atoms with Crippen LogP contribution in [0.1, 0.15) is 37.3 Å². The molecule has 3 aromatic rings. The molecule has 1 aromatic carbocycles. The van der Waals surface area contributed by atoms with E-state index in [2.05, 4.69) is 20.1 Å². The molecule has 1 saturated carbocycles. The number of halogens is 2. The van der Waals surface area contributed by atoms with Crippen LogP contribution in [0.3, 0.4) is 0 Å². The number of hydrogen-bond donors (Lipinski definition) is 1. The van der Waals surface area contributed by atoms with Gasteiger partial charge >= 0.3 is 0 Å². The lowest BCUT2D eigenvalue weighted by Gasteiger charge is -2.24. The number of pyridine rings is 1. The van der Waals surface area contributed by atoms with Crippen molar-refractivity contribution in [3.05, 3.63) is 75.6 Å². The van der Waals surface area contributed by atoms with Gasteiger partial charge in [0.2, 0.25) is 11.5 Å². The van der Waals surface area contributed by atoms with Crippen LogP contribution >= 0.6 is 0 Å². The lowest BCUT2D eigenvalue weighted by Crippen LogP contribution is -2.33. The minimum atomic E-state index is -0.929. The molecule has 3 aliphatic rings. The van der Waals surface area contributed by atoms with E-state index in [4.69, 9.17) is 6.57 Å². The van der Waals surface area contributed by atoms with E-state index in [0.717, 1.165) is 49.0 Å². The largest absolute Gasteiger partial charge is 0.353 e. The van der Waals surface area contributed by atoms with Crippen molar-refractivity contribution in [2.24, 2.45) is 5.41 Å². The molecule has 2 saturated heterocycles. The van der Waals surface area contributed by atoms with E-state index < -0.39 is 17.2 Å². The van der Waals surface area contributed by atoms with Crippen molar-refractivity contribution < 1.29 is 8.78 Å². The molecule has 178 valence electrons. The molecule has 35 heavy (non-hydrogen) atoms. The topological polar surface area (TPSA) is 67.4 Å². The van der Waals surface area contributed by atoms with Gasteiger partial charge in [0.25, 0.3) is 5.56 Å². The Labute approximate surface area is 201 Å². The average molecular weight is 475 g/mol. The zero-order chi connectivity index (χ0) is 24.2. The maximum absolute atomic E-state index is 15.6. The summed E-state index contributed by atoms with van der Waals surface area (Å²) in [6.07, 6.45) is 5.60. The van der Waals surface area contributed by atoms with Gasteiger partial charge in [0, 0.05) is 42.2 Å². The molecule has 2 aromatic heterocycles. The standard InChI is InChI=1S/C26H24F2N6O/c1-29-21-6-4-17(12-19(21)27)23-32-24(33-11-9-26(15-33)8-10-30-14-26)22(28)25(35)34(23)18-5-7-20(31-13-18)16-2-3-16/h4-7,12-13,16,30H,2-3,8-11,14-15H2. The van der Waals surface area contributed by atoms with Crippen molar-refractivity contribution in [1.82, 2.24) is 19.9 Å². The zero-order valence-corrected chi connectivity index (χ0v) is 19.1. The molecule has 4 heterocycles. The second-order valence-electron chi connectivity index (χ2n) is 9.81. The van der Waals surface area contributed by atoms with Crippen LogP contribution < -0.4 is 15.8 Å². The Morgan fingerprint density at radius 1 is 1.17 bits per heavy atom. The molecule has 1 spiro atoms. The molecular formula is C26H24F2N6O. The Bertz CT molecular complexity index is 1400. The molecule has 0 radical (unpaired) electrons. The first-order chi connectivity index (χ1) is 17.0. The summed E-state index contributed by atoms with van der Waals surface area (Å²) in [4.78, 5) is 27.5. The van der Waals surface area contributed by atoms with E-state index in [1.807, 2.05) is 11.0 Å². The quantitative estimate of drug-likeness (QED) is 0.575. The van der Waals surface area contributed by atoms with Gasteiger partial charge in [-0.3, -0.25) is 14.3 Å². The molecule has 2 aliphatic heterocycles. The highest BCUT2D eigenvalue weighted by molar-refractivity contribution is 5.65. The molecule has 1 aliphatic carbocycles. The van der Waals surface area contributed by atoms with E-state index >= 15 is 4.39 Å². The minimum Gasteiger partial charge on any atom is -0.353 e. The highest BCUT2D eigenvalue weighted by atomic mass is 19.1. The summed E-state index contributed by atoms with van der Waals surface area (Å²) in [6, 6.07) is 7.63. The molecule has 9 heteroatoms. The predicted octanol–water partition coefficient (Wildman–Crippen LogP) is 4.19. The first-order valence-corrected chi connectivity index (χ1v) is 11.9. The van der Waals surface area contributed by atoms with Crippen LogP contribution in [-0.2, 0) is 0 Å². The van der Waals surface area contributed by atoms with Crippen LogP contribution in [0.4, 0.5) is 20.3 Å². The number of nitrogens with one attached hydrogen (secondary N) is 1. The van der Waals surface area contributed by atoms with Crippen LogP contribution in [0.5, 0.6) is 0 Å². The Morgan fingerprint density at radius 3 is 2.69 bits per heavy atom. The SMILES string of the molecule is [C-]#[N+]c1ccc(-c2nc(N3CCC4(CCNC4)C3)c(F)c(=O)n2-c2ccc(C3CC3)nc2)cc1F. The average Bonchev–Trinajstić information content (AvgIpc) is 3.49. The van der Waals surface area contributed by atoms with E-state index in [1.165, 1.54) is 24.4 Å². The first kappa shape index (κ1) is 21.9. The normalized spacial score (nSPS) is 21.6. The third kappa shape index (κ3) is 3.78. The van der Waals surface area contributed by atoms with Crippen molar-refractivity contribution in [3.8, 4) is 17.1 Å². The van der Waals surface area contributed by atoms with Crippen LogP contribution in [0.15, 0.2) is 41.3 Å². The number of rotatable bonds is 4. The van der Waals surface area contributed by atoms with Crippen LogP contribution in [-0.4, -0.2) is 40.7 Å². The maximum atomic E-state index is 15.6. The summed E-state index contributed by atoms with van der Waals surface area (Å²) in [5.74, 6) is -1.11. The fourth-order valence-corrected chi connectivity index (χ4v) is 5.28. The molecule has 1 unspecified atom stereocenters. The van der Waals surface area contributed by atoms with Gasteiger partial charge in [-0.15, -0.1) is 0 Å². The third-order valence-corrected chi connectivity index (χ3v) is 7.43. The second-order valence-corrected chi connectivity index (χ2v) is 9.81. The maximum Gasteiger partial charge on any atom is 0.296 e. The van der Waals surface area contributed by atoms with Crippen molar-refractivity contribution in [2.75, 3.05) is 31.1 Å². The van der Waals surface area contributed by atoms with E-state index in [-0.39, 0.29) is 28.3 Å². The Balaban J connectivity index is 1.50. The molecule has 6 rings (SSSR count). The summed E-state index contributed by atoms with van der Waals surface area (Å²) < 4.78 is 31.3. The van der Waals surface area contributed by atoms with Crippen molar-refractivity contribution >= 4 is 11.5 Å². The van der Waals surface area contributed by atoms with Gasteiger partial charge in [0.1, 0.15) is 11.6 Å². The third-order valence-electron chi connectivity index (χ3n) is 7.43. The van der Waals surface area contributed by atoms with Gasteiger partial charge < -0.3 is 10.2 Å². The number of anilines is 1. The lowest BCUT2D eigenvalue weighted by atomic mass is 9.87. The van der Waals surface area contributed by atoms with Crippen LogP contribution in [0.2, 0.25) is 0 Å². The fraction of sp³-hybridized carbons (Fsp3) is 0.385. The van der Waals surface area contributed by atoms with Gasteiger partial charge in [-0.1, -0.05) is 12.1 Å². The van der Waals surface area contributed by atoms with Crippen molar-refractivity contribution in [1.29, 1.82) is 0 Å². The van der Waals surface area contributed by atoms with Gasteiger partial charge in [0.15, 0.2) is 5.82 Å². The van der Waals surface area contributed by atoms with Gasteiger partial charge in [-0.25, -0.2) is 14.2 Å². The molecule has 1 N–H and O–H groups in total. The van der Waals surface area contributed by atoms with E-state index in [0.29, 0.717) is 24.7 Å². The zero-order valence-electron chi connectivity index (χ0n) is 19.1. The molecule has 0 amide bonds. The van der Waals surface area contributed by atoms with Gasteiger partial charge in [-0.05, 0) is 50.4 Å². The summed E-state index contributed by atoms with van der Waals surface area (Å²) in [7, 11) is 0. The Kier molecular flexibility index (Phi) is 5.15. The first-order valence-electron chi connectivity index (χ1n) is 11.9. The Morgan fingerprint density at radius 2 is 2.03 bits per heavy atom. The minimum absolute atomic E-state index is 0.0118. The highest BCUT2D eigenvalue weighted by Crippen LogP contribution is 2.40. The van der Waals surface area contributed by atoms with Gasteiger partial charge in [-0.2, -0.15) is 4.39 Å².